The van der Waals surface area contributed by atoms with E-state index in [0.29, 0.717) is 6.10 Å². The number of rotatable bonds is 0. The summed E-state index contributed by atoms with van der Waals surface area (Å²) in [5.41, 5.74) is -0.0301. The lowest BCUT2D eigenvalue weighted by atomic mass is 9.97. The van der Waals surface area contributed by atoms with Crippen LogP contribution in [0.1, 0.15) is 27.2 Å². The summed E-state index contributed by atoms with van der Waals surface area (Å²) in [5, 5.41) is 0. The van der Waals surface area contributed by atoms with E-state index in [4.69, 9.17) is 9.31 Å². The summed E-state index contributed by atoms with van der Waals surface area (Å²) < 4.78 is 10.3. The highest BCUT2D eigenvalue weighted by atomic mass is 16.6. The molecule has 9 heavy (non-hydrogen) atoms. The Labute approximate surface area is 56.8 Å². The van der Waals surface area contributed by atoms with E-state index in [9.17, 15) is 0 Å². The highest BCUT2D eigenvalue weighted by Gasteiger charge is 2.27. The molecule has 0 saturated carbocycles. The first-order valence-electron chi connectivity index (χ1n) is 3.25. The van der Waals surface area contributed by atoms with Crippen LogP contribution in [0, 0.1) is 0 Å². The molecule has 1 aliphatic heterocycles. The topological polar surface area (TPSA) is 18.5 Å². The molecule has 0 N–H and O–H groups in total. The second-order valence-electron chi connectivity index (χ2n) is 3.12. The van der Waals surface area contributed by atoms with Gasteiger partial charge in [-0.25, -0.2) is 0 Å². The molecule has 1 fully saturated rings. The van der Waals surface area contributed by atoms with Gasteiger partial charge in [0, 0.05) is 6.10 Å². The Bertz CT molecular complexity index is 103. The van der Waals surface area contributed by atoms with Crippen LogP contribution in [0.5, 0.6) is 0 Å². The maximum Gasteiger partial charge on any atom is 0.488 e. The summed E-state index contributed by atoms with van der Waals surface area (Å²) in [6, 6.07) is 0. The Hall–Kier alpha value is -0.0151. The molecule has 2 nitrogen and oxygen atoms in total. The predicted molar refractivity (Wildman–Crippen MR) is 36.1 cm³/mol. The molecule has 51 valence electrons. The summed E-state index contributed by atoms with van der Waals surface area (Å²) in [6.07, 6.45) is 1.26. The van der Waals surface area contributed by atoms with Crippen LogP contribution in [0.15, 0.2) is 0 Å². The fraction of sp³-hybridized carbons (Fsp3) is 1.00. The van der Waals surface area contributed by atoms with Crippen molar-refractivity contribution in [1.29, 1.82) is 0 Å². The zero-order chi connectivity index (χ0) is 6.91. The summed E-state index contributed by atoms with van der Waals surface area (Å²) in [4.78, 5) is 0. The molecular formula is C6H12BO2. The second kappa shape index (κ2) is 2.31. The Kier molecular flexibility index (Phi) is 1.82. The molecule has 0 aromatic rings. The fourth-order valence-electron chi connectivity index (χ4n) is 1.04. The third-order valence-corrected chi connectivity index (χ3v) is 1.43. The Morgan fingerprint density at radius 1 is 1.56 bits per heavy atom. The van der Waals surface area contributed by atoms with Crippen molar-refractivity contribution in [2.45, 2.75) is 38.9 Å². The van der Waals surface area contributed by atoms with Crippen LogP contribution in [0.4, 0.5) is 0 Å². The third-order valence-electron chi connectivity index (χ3n) is 1.43. The standard InChI is InChI=1S/C6H12BO2/c1-5-4-6(2,3)9-7-8-5/h5H,4H2,1-3H3. The van der Waals surface area contributed by atoms with Crippen molar-refractivity contribution in [1.82, 2.24) is 0 Å². The first-order valence-corrected chi connectivity index (χ1v) is 3.25. The molecule has 0 aliphatic carbocycles. The summed E-state index contributed by atoms with van der Waals surface area (Å²) in [5.74, 6) is 0. The third kappa shape index (κ3) is 1.99. The lowest BCUT2D eigenvalue weighted by Crippen LogP contribution is -2.38. The van der Waals surface area contributed by atoms with E-state index in [0.717, 1.165) is 6.42 Å². The molecule has 3 heteroatoms. The van der Waals surface area contributed by atoms with Gasteiger partial charge in [-0.1, -0.05) is 0 Å². The zero-order valence-corrected chi connectivity index (χ0v) is 6.18. The van der Waals surface area contributed by atoms with Crippen molar-refractivity contribution < 1.29 is 9.31 Å². The van der Waals surface area contributed by atoms with Gasteiger partial charge in [0.15, 0.2) is 0 Å². The van der Waals surface area contributed by atoms with Crippen LogP contribution in [0.2, 0.25) is 0 Å². The van der Waals surface area contributed by atoms with Gasteiger partial charge in [0.1, 0.15) is 0 Å². The fourth-order valence-corrected chi connectivity index (χ4v) is 1.04. The van der Waals surface area contributed by atoms with Gasteiger partial charge in [-0.2, -0.15) is 0 Å². The quantitative estimate of drug-likeness (QED) is 0.454. The Balaban J connectivity index is 2.41. The van der Waals surface area contributed by atoms with E-state index in [-0.39, 0.29) is 5.60 Å². The molecule has 1 radical (unpaired) electrons. The van der Waals surface area contributed by atoms with E-state index in [2.05, 4.69) is 13.8 Å². The average Bonchev–Trinajstić information content (AvgIpc) is 1.60. The summed E-state index contributed by atoms with van der Waals surface area (Å²) in [6.45, 7) is 6.16. The predicted octanol–water partition coefficient (Wildman–Crippen LogP) is 1.12. The van der Waals surface area contributed by atoms with Crippen LogP contribution in [-0.2, 0) is 9.31 Å². The molecule has 0 spiro atoms. The van der Waals surface area contributed by atoms with Gasteiger partial charge >= 0.3 is 7.69 Å². The molecule has 1 rings (SSSR count). The van der Waals surface area contributed by atoms with Crippen molar-refractivity contribution >= 4 is 7.69 Å². The normalized spacial score (nSPS) is 33.4. The van der Waals surface area contributed by atoms with Gasteiger partial charge < -0.3 is 9.31 Å². The summed E-state index contributed by atoms with van der Waals surface area (Å²) in [7, 11) is 1.44. The zero-order valence-electron chi connectivity index (χ0n) is 6.18. The Morgan fingerprint density at radius 2 is 2.22 bits per heavy atom. The highest BCUT2D eigenvalue weighted by molar-refractivity contribution is 6.18. The van der Waals surface area contributed by atoms with Crippen molar-refractivity contribution in [3.63, 3.8) is 0 Å². The molecule has 0 amide bonds. The second-order valence-corrected chi connectivity index (χ2v) is 3.12. The van der Waals surface area contributed by atoms with E-state index in [1.165, 1.54) is 7.69 Å². The molecule has 1 atom stereocenters. The van der Waals surface area contributed by atoms with Crippen molar-refractivity contribution in [2.24, 2.45) is 0 Å². The molecule has 1 unspecified atom stereocenters. The molecule has 0 aromatic carbocycles. The number of hydrogen-bond acceptors (Lipinski definition) is 2. The van der Waals surface area contributed by atoms with Gasteiger partial charge in [-0.05, 0) is 27.2 Å². The highest BCUT2D eigenvalue weighted by Crippen LogP contribution is 2.21. The lowest BCUT2D eigenvalue weighted by Gasteiger charge is -2.33. The molecule has 1 aliphatic rings. The molecule has 1 saturated heterocycles. The lowest BCUT2D eigenvalue weighted by molar-refractivity contribution is -0.0142. The van der Waals surface area contributed by atoms with E-state index in [1.54, 1.807) is 0 Å². The van der Waals surface area contributed by atoms with Crippen LogP contribution in [0.3, 0.4) is 0 Å². The SMILES string of the molecule is CC1CC(C)(C)O[B]O1. The first kappa shape index (κ1) is 7.10. The van der Waals surface area contributed by atoms with Gasteiger partial charge in [0.25, 0.3) is 0 Å². The minimum absolute atomic E-state index is 0.0301. The van der Waals surface area contributed by atoms with E-state index < -0.39 is 0 Å². The van der Waals surface area contributed by atoms with Gasteiger partial charge in [-0.3, -0.25) is 0 Å². The van der Waals surface area contributed by atoms with E-state index >= 15 is 0 Å². The minimum atomic E-state index is -0.0301. The number of hydrogen-bond donors (Lipinski definition) is 0. The average molecular weight is 127 g/mol. The van der Waals surface area contributed by atoms with Crippen LogP contribution in [0.25, 0.3) is 0 Å². The molecular weight excluding hydrogens is 115 g/mol. The Morgan fingerprint density at radius 3 is 2.56 bits per heavy atom. The largest absolute Gasteiger partial charge is 0.488 e. The molecule has 0 aromatic heterocycles. The van der Waals surface area contributed by atoms with Crippen LogP contribution >= 0.6 is 0 Å². The minimum Gasteiger partial charge on any atom is -0.411 e. The molecule has 1 heterocycles. The van der Waals surface area contributed by atoms with E-state index in [1.807, 2.05) is 6.92 Å². The van der Waals surface area contributed by atoms with Crippen LogP contribution < -0.4 is 0 Å². The monoisotopic (exact) mass is 127 g/mol. The smallest absolute Gasteiger partial charge is 0.411 e. The van der Waals surface area contributed by atoms with Crippen molar-refractivity contribution in [3.05, 3.63) is 0 Å². The van der Waals surface area contributed by atoms with Gasteiger partial charge in [0.05, 0.1) is 5.60 Å². The van der Waals surface area contributed by atoms with Gasteiger partial charge in [-0.15, -0.1) is 0 Å². The summed E-state index contributed by atoms with van der Waals surface area (Å²) >= 11 is 0. The maximum absolute atomic E-state index is 5.19. The van der Waals surface area contributed by atoms with Gasteiger partial charge in [0.2, 0.25) is 0 Å². The molecule has 0 bridgehead atoms. The van der Waals surface area contributed by atoms with Crippen molar-refractivity contribution in [2.75, 3.05) is 0 Å². The van der Waals surface area contributed by atoms with Crippen LogP contribution in [-0.4, -0.2) is 19.4 Å². The maximum atomic E-state index is 5.19. The first-order chi connectivity index (χ1) is 4.10. The van der Waals surface area contributed by atoms with Crippen molar-refractivity contribution in [3.8, 4) is 0 Å².